The average Bonchev–Trinajstić information content (AvgIpc) is 2.77. The number of benzene rings is 1. The Hall–Kier alpha value is -0.580. The SMILES string of the molecule is CNCc1cc(Br)ccc1N1CCCC1CN(C)C. The van der Waals surface area contributed by atoms with E-state index in [4.69, 9.17) is 0 Å². The van der Waals surface area contributed by atoms with E-state index < -0.39 is 0 Å². The largest absolute Gasteiger partial charge is 0.367 e. The van der Waals surface area contributed by atoms with Crippen LogP contribution in [0.1, 0.15) is 18.4 Å². The van der Waals surface area contributed by atoms with Crippen molar-refractivity contribution in [3.05, 3.63) is 28.2 Å². The van der Waals surface area contributed by atoms with E-state index in [2.05, 4.69) is 63.3 Å². The molecule has 0 aliphatic carbocycles. The van der Waals surface area contributed by atoms with Crippen molar-refractivity contribution < 1.29 is 0 Å². The van der Waals surface area contributed by atoms with Crippen molar-refractivity contribution in [1.82, 2.24) is 10.2 Å². The molecule has 0 amide bonds. The molecule has 1 aliphatic heterocycles. The van der Waals surface area contributed by atoms with Crippen LogP contribution in [0, 0.1) is 0 Å². The van der Waals surface area contributed by atoms with E-state index in [9.17, 15) is 0 Å². The van der Waals surface area contributed by atoms with Gasteiger partial charge in [-0.05, 0) is 57.7 Å². The molecule has 1 heterocycles. The third kappa shape index (κ3) is 3.71. The van der Waals surface area contributed by atoms with Crippen molar-refractivity contribution in [3.8, 4) is 0 Å². The Labute approximate surface area is 125 Å². The fourth-order valence-electron chi connectivity index (χ4n) is 2.93. The molecule has 19 heavy (non-hydrogen) atoms. The minimum absolute atomic E-state index is 0.645. The van der Waals surface area contributed by atoms with Crippen LogP contribution in [0.2, 0.25) is 0 Å². The fraction of sp³-hybridized carbons (Fsp3) is 0.600. The van der Waals surface area contributed by atoms with E-state index in [1.807, 2.05) is 7.05 Å². The van der Waals surface area contributed by atoms with E-state index in [0.29, 0.717) is 6.04 Å². The second kappa shape index (κ2) is 6.73. The van der Waals surface area contributed by atoms with Crippen LogP contribution in [-0.4, -0.2) is 45.2 Å². The molecule has 0 bridgehead atoms. The zero-order chi connectivity index (χ0) is 13.8. The van der Waals surface area contributed by atoms with Crippen LogP contribution < -0.4 is 10.2 Å². The molecule has 1 N–H and O–H groups in total. The van der Waals surface area contributed by atoms with Gasteiger partial charge in [-0.25, -0.2) is 0 Å². The fourth-order valence-corrected chi connectivity index (χ4v) is 3.34. The van der Waals surface area contributed by atoms with E-state index in [1.165, 1.54) is 30.6 Å². The second-order valence-corrected chi connectivity index (χ2v) is 6.47. The van der Waals surface area contributed by atoms with Crippen LogP contribution in [0.15, 0.2) is 22.7 Å². The van der Waals surface area contributed by atoms with Crippen LogP contribution in [0.25, 0.3) is 0 Å². The highest BCUT2D eigenvalue weighted by Gasteiger charge is 2.26. The maximum Gasteiger partial charge on any atom is 0.0417 e. The summed E-state index contributed by atoms with van der Waals surface area (Å²) in [5, 5.41) is 3.27. The average molecular weight is 326 g/mol. The van der Waals surface area contributed by atoms with Crippen molar-refractivity contribution in [2.24, 2.45) is 0 Å². The molecular weight excluding hydrogens is 302 g/mol. The van der Waals surface area contributed by atoms with E-state index in [1.54, 1.807) is 0 Å². The number of likely N-dealkylation sites (N-methyl/N-ethyl adjacent to an activating group) is 1. The Morgan fingerprint density at radius 2 is 2.21 bits per heavy atom. The number of anilines is 1. The summed E-state index contributed by atoms with van der Waals surface area (Å²) in [6.45, 7) is 3.23. The quantitative estimate of drug-likeness (QED) is 0.898. The topological polar surface area (TPSA) is 18.5 Å². The minimum atomic E-state index is 0.645. The van der Waals surface area contributed by atoms with Gasteiger partial charge in [-0.1, -0.05) is 15.9 Å². The lowest BCUT2D eigenvalue weighted by molar-refractivity contribution is 0.372. The number of rotatable bonds is 5. The normalized spacial score (nSPS) is 19.4. The minimum Gasteiger partial charge on any atom is -0.367 e. The van der Waals surface area contributed by atoms with Crippen LogP contribution in [0.3, 0.4) is 0 Å². The summed E-state index contributed by atoms with van der Waals surface area (Å²) in [5.74, 6) is 0. The highest BCUT2D eigenvalue weighted by Crippen LogP contribution is 2.31. The number of nitrogens with zero attached hydrogens (tertiary/aromatic N) is 2. The Bertz CT molecular complexity index is 420. The molecule has 1 atom stereocenters. The van der Waals surface area contributed by atoms with Crippen molar-refractivity contribution in [1.29, 1.82) is 0 Å². The van der Waals surface area contributed by atoms with Gasteiger partial charge in [0.2, 0.25) is 0 Å². The van der Waals surface area contributed by atoms with Crippen molar-refractivity contribution in [3.63, 3.8) is 0 Å². The van der Waals surface area contributed by atoms with Gasteiger partial charge in [0.05, 0.1) is 0 Å². The number of hydrogen-bond acceptors (Lipinski definition) is 3. The Kier molecular flexibility index (Phi) is 5.25. The summed E-state index contributed by atoms with van der Waals surface area (Å²) in [6.07, 6.45) is 2.60. The van der Waals surface area contributed by atoms with Crippen LogP contribution in [0.5, 0.6) is 0 Å². The molecule has 0 aromatic heterocycles. The van der Waals surface area contributed by atoms with Gasteiger partial charge in [0.25, 0.3) is 0 Å². The van der Waals surface area contributed by atoms with E-state index in [-0.39, 0.29) is 0 Å². The summed E-state index contributed by atoms with van der Waals surface area (Å²) in [5.41, 5.74) is 2.77. The van der Waals surface area contributed by atoms with Gasteiger partial charge in [0.1, 0.15) is 0 Å². The highest BCUT2D eigenvalue weighted by atomic mass is 79.9. The van der Waals surface area contributed by atoms with Crippen LogP contribution in [-0.2, 0) is 6.54 Å². The smallest absolute Gasteiger partial charge is 0.0417 e. The molecule has 2 rings (SSSR count). The Balaban J connectivity index is 2.24. The van der Waals surface area contributed by atoms with Gasteiger partial charge in [0, 0.05) is 35.8 Å². The third-order valence-corrected chi connectivity index (χ3v) is 4.16. The summed E-state index contributed by atoms with van der Waals surface area (Å²) in [6, 6.07) is 7.29. The third-order valence-electron chi connectivity index (χ3n) is 3.67. The first kappa shape index (κ1) is 14.8. The van der Waals surface area contributed by atoms with E-state index >= 15 is 0 Å². The first-order valence-corrected chi connectivity index (χ1v) is 7.75. The van der Waals surface area contributed by atoms with Gasteiger partial charge in [-0.3, -0.25) is 0 Å². The Morgan fingerprint density at radius 1 is 1.42 bits per heavy atom. The number of halogens is 1. The standard InChI is InChI=1S/C15H24BrN3/c1-17-10-12-9-13(16)6-7-15(12)19-8-4-5-14(19)11-18(2)3/h6-7,9,14,17H,4-5,8,10-11H2,1-3H3. The molecule has 0 saturated carbocycles. The number of nitrogens with one attached hydrogen (secondary N) is 1. The zero-order valence-electron chi connectivity index (χ0n) is 12.1. The Morgan fingerprint density at radius 3 is 2.89 bits per heavy atom. The predicted molar refractivity (Wildman–Crippen MR) is 85.8 cm³/mol. The molecule has 4 heteroatoms. The molecule has 1 unspecified atom stereocenters. The van der Waals surface area contributed by atoms with Gasteiger partial charge in [0.15, 0.2) is 0 Å². The molecule has 1 saturated heterocycles. The molecular formula is C15H24BrN3. The first-order valence-electron chi connectivity index (χ1n) is 6.96. The van der Waals surface area contributed by atoms with Crippen LogP contribution in [0.4, 0.5) is 5.69 Å². The van der Waals surface area contributed by atoms with Crippen LogP contribution >= 0.6 is 15.9 Å². The lowest BCUT2D eigenvalue weighted by Crippen LogP contribution is -2.38. The van der Waals surface area contributed by atoms with Crippen molar-refractivity contribution in [2.45, 2.75) is 25.4 Å². The van der Waals surface area contributed by atoms with Gasteiger partial charge in [-0.2, -0.15) is 0 Å². The van der Waals surface area contributed by atoms with Gasteiger partial charge >= 0.3 is 0 Å². The molecule has 106 valence electrons. The predicted octanol–water partition coefficient (Wildman–Crippen LogP) is 2.70. The molecule has 1 aliphatic rings. The lowest BCUT2D eigenvalue weighted by atomic mass is 10.1. The molecule has 1 aromatic rings. The molecule has 1 aromatic carbocycles. The van der Waals surface area contributed by atoms with Crippen molar-refractivity contribution >= 4 is 21.6 Å². The maximum atomic E-state index is 3.58. The summed E-state index contributed by atoms with van der Waals surface area (Å²) in [7, 11) is 6.32. The lowest BCUT2D eigenvalue weighted by Gasteiger charge is -2.31. The molecule has 0 radical (unpaired) electrons. The second-order valence-electron chi connectivity index (χ2n) is 5.56. The van der Waals surface area contributed by atoms with E-state index in [0.717, 1.165) is 17.6 Å². The van der Waals surface area contributed by atoms with Gasteiger partial charge < -0.3 is 15.1 Å². The zero-order valence-corrected chi connectivity index (χ0v) is 13.7. The van der Waals surface area contributed by atoms with Crippen molar-refractivity contribution in [2.75, 3.05) is 39.1 Å². The summed E-state index contributed by atoms with van der Waals surface area (Å²) in [4.78, 5) is 4.87. The molecule has 0 spiro atoms. The molecule has 1 fully saturated rings. The molecule has 3 nitrogen and oxygen atoms in total. The first-order chi connectivity index (χ1) is 9.11. The summed E-state index contributed by atoms with van der Waals surface area (Å²) >= 11 is 3.58. The van der Waals surface area contributed by atoms with Gasteiger partial charge in [-0.15, -0.1) is 0 Å². The highest BCUT2D eigenvalue weighted by molar-refractivity contribution is 9.10. The maximum absolute atomic E-state index is 3.58. The monoisotopic (exact) mass is 325 g/mol. The summed E-state index contributed by atoms with van der Waals surface area (Å²) < 4.78 is 1.16. The number of hydrogen-bond donors (Lipinski definition) is 1.